The van der Waals surface area contributed by atoms with Crippen molar-refractivity contribution in [2.45, 2.75) is 44.8 Å². The first-order valence-electron chi connectivity index (χ1n) is 9.53. The van der Waals surface area contributed by atoms with Gasteiger partial charge in [0.1, 0.15) is 6.04 Å². The van der Waals surface area contributed by atoms with Gasteiger partial charge in [-0.25, -0.2) is 14.5 Å². The van der Waals surface area contributed by atoms with Crippen LogP contribution >= 0.6 is 12.4 Å². The molecular formula is C20H28ClN3O6. The lowest BCUT2D eigenvalue weighted by atomic mass is 10.0. The molecule has 3 atom stereocenters. The summed E-state index contributed by atoms with van der Waals surface area (Å²) >= 11 is 0. The Morgan fingerprint density at radius 3 is 2.47 bits per heavy atom. The number of amides is 3. The van der Waals surface area contributed by atoms with Crippen molar-refractivity contribution in [3.63, 3.8) is 0 Å². The number of hydrogen-bond donors (Lipinski definition) is 2. The van der Waals surface area contributed by atoms with Gasteiger partial charge in [-0.15, -0.1) is 12.4 Å². The number of carboxylic acids is 1. The third-order valence-electron chi connectivity index (χ3n) is 4.77. The molecule has 0 radical (unpaired) electrons. The van der Waals surface area contributed by atoms with E-state index in [4.69, 9.17) is 4.74 Å². The van der Waals surface area contributed by atoms with Crippen LogP contribution < -0.4 is 5.32 Å². The van der Waals surface area contributed by atoms with Gasteiger partial charge in [-0.2, -0.15) is 0 Å². The molecule has 10 heteroatoms. The second kappa shape index (κ2) is 11.5. The van der Waals surface area contributed by atoms with Crippen molar-refractivity contribution in [1.82, 2.24) is 15.1 Å². The molecule has 0 aromatic heterocycles. The summed E-state index contributed by atoms with van der Waals surface area (Å²) < 4.78 is 5.10. The number of imide groups is 1. The van der Waals surface area contributed by atoms with E-state index in [0.717, 1.165) is 10.5 Å². The zero-order valence-electron chi connectivity index (χ0n) is 17.2. The second-order valence-corrected chi connectivity index (χ2v) is 6.94. The molecule has 166 valence electrons. The predicted molar refractivity (Wildman–Crippen MR) is 111 cm³/mol. The smallest absolute Gasteiger partial charge is 0.328 e. The Balaban J connectivity index is 0.00000450. The summed E-state index contributed by atoms with van der Waals surface area (Å²) in [5, 5.41) is 12.2. The summed E-state index contributed by atoms with van der Waals surface area (Å²) in [5.74, 6) is -2.45. The SMILES string of the molecule is CCOC(=O)C(CCc1ccccc1)N[C@@H](C)C(=O)N1C(=O)N(C)CC1C(=O)O.Cl. The lowest BCUT2D eigenvalue weighted by Crippen LogP contribution is -2.54. The van der Waals surface area contributed by atoms with Crippen LogP contribution in [0.4, 0.5) is 4.79 Å². The van der Waals surface area contributed by atoms with Crippen molar-refractivity contribution < 1.29 is 29.0 Å². The maximum atomic E-state index is 12.8. The number of esters is 1. The van der Waals surface area contributed by atoms with Crippen LogP contribution in [0.3, 0.4) is 0 Å². The summed E-state index contributed by atoms with van der Waals surface area (Å²) in [6.07, 6.45) is 0.970. The lowest BCUT2D eigenvalue weighted by Gasteiger charge is -2.26. The molecule has 0 bridgehead atoms. The molecule has 2 N–H and O–H groups in total. The van der Waals surface area contributed by atoms with E-state index < -0.39 is 42.0 Å². The maximum Gasteiger partial charge on any atom is 0.328 e. The topological polar surface area (TPSA) is 116 Å². The van der Waals surface area contributed by atoms with Crippen molar-refractivity contribution in [2.24, 2.45) is 0 Å². The zero-order chi connectivity index (χ0) is 21.6. The molecular weight excluding hydrogens is 414 g/mol. The minimum absolute atomic E-state index is 0. The number of carboxylic acid groups (broad SMARTS) is 1. The van der Waals surface area contributed by atoms with E-state index >= 15 is 0 Å². The van der Waals surface area contributed by atoms with E-state index in [1.54, 1.807) is 6.92 Å². The van der Waals surface area contributed by atoms with Crippen molar-refractivity contribution in [3.8, 4) is 0 Å². The summed E-state index contributed by atoms with van der Waals surface area (Å²) in [7, 11) is 1.44. The molecule has 1 fully saturated rings. The highest BCUT2D eigenvalue weighted by Gasteiger charge is 2.45. The normalized spacial score (nSPS) is 17.8. The molecule has 1 aliphatic heterocycles. The van der Waals surface area contributed by atoms with Crippen LogP contribution in [0.2, 0.25) is 0 Å². The van der Waals surface area contributed by atoms with Crippen molar-refractivity contribution >= 4 is 36.3 Å². The number of ether oxygens (including phenoxy) is 1. The maximum absolute atomic E-state index is 12.8. The molecule has 1 heterocycles. The molecule has 0 aliphatic carbocycles. The Morgan fingerprint density at radius 2 is 1.90 bits per heavy atom. The fraction of sp³-hybridized carbons (Fsp3) is 0.500. The van der Waals surface area contributed by atoms with Crippen LogP contribution in [0.15, 0.2) is 30.3 Å². The molecule has 9 nitrogen and oxygen atoms in total. The van der Waals surface area contributed by atoms with Gasteiger partial charge in [0.15, 0.2) is 6.04 Å². The van der Waals surface area contributed by atoms with Crippen LogP contribution in [-0.2, 0) is 25.5 Å². The summed E-state index contributed by atoms with van der Waals surface area (Å²) in [6.45, 7) is 3.31. The fourth-order valence-corrected chi connectivity index (χ4v) is 3.22. The average molecular weight is 442 g/mol. The van der Waals surface area contributed by atoms with E-state index in [1.807, 2.05) is 30.3 Å². The zero-order valence-corrected chi connectivity index (χ0v) is 18.1. The van der Waals surface area contributed by atoms with Gasteiger partial charge in [-0.3, -0.25) is 14.9 Å². The number of urea groups is 1. The van der Waals surface area contributed by atoms with Crippen LogP contribution in [0.25, 0.3) is 0 Å². The Bertz CT molecular complexity index is 760. The predicted octanol–water partition coefficient (Wildman–Crippen LogP) is 1.30. The number of likely N-dealkylation sites (N-methyl/N-ethyl adjacent to an activating group) is 1. The van der Waals surface area contributed by atoms with Gasteiger partial charge >= 0.3 is 18.0 Å². The largest absolute Gasteiger partial charge is 0.480 e. The number of aryl methyl sites for hydroxylation is 1. The summed E-state index contributed by atoms with van der Waals surface area (Å²) in [6, 6.07) is 5.92. The molecule has 1 aliphatic rings. The van der Waals surface area contributed by atoms with Crippen LogP contribution in [0, 0.1) is 0 Å². The highest BCUT2D eigenvalue weighted by atomic mass is 35.5. The number of hydrogen-bond acceptors (Lipinski definition) is 6. The number of aliphatic carboxylic acids is 1. The average Bonchev–Trinajstić information content (AvgIpc) is 3.00. The fourth-order valence-electron chi connectivity index (χ4n) is 3.22. The van der Waals surface area contributed by atoms with E-state index in [9.17, 15) is 24.3 Å². The number of halogens is 1. The van der Waals surface area contributed by atoms with Gasteiger partial charge in [0.2, 0.25) is 5.91 Å². The molecule has 1 aromatic rings. The first-order chi connectivity index (χ1) is 13.8. The third kappa shape index (κ3) is 6.17. The van der Waals surface area contributed by atoms with Gasteiger partial charge < -0.3 is 14.7 Å². The molecule has 2 unspecified atom stereocenters. The number of benzene rings is 1. The van der Waals surface area contributed by atoms with Gasteiger partial charge in [0.25, 0.3) is 0 Å². The Labute approximate surface area is 181 Å². The highest BCUT2D eigenvalue weighted by Crippen LogP contribution is 2.17. The standard InChI is InChI=1S/C20H27N3O6.ClH/c1-4-29-19(27)15(11-10-14-8-6-5-7-9-14)21-13(2)17(24)23-16(18(25)26)12-22(3)20(23)28;/h5-9,13,15-16,21H,4,10-12H2,1-3H3,(H,25,26);1H/t13-,15?,16?;/m0./s1. The monoisotopic (exact) mass is 441 g/mol. The van der Waals surface area contributed by atoms with Crippen LogP contribution in [0.1, 0.15) is 25.8 Å². The van der Waals surface area contributed by atoms with Crippen molar-refractivity contribution in [1.29, 1.82) is 0 Å². The summed E-state index contributed by atoms with van der Waals surface area (Å²) in [5.41, 5.74) is 1.03. The van der Waals surface area contributed by atoms with Gasteiger partial charge in [0.05, 0.1) is 19.2 Å². The molecule has 1 aromatic carbocycles. The first kappa shape index (κ1) is 25.4. The van der Waals surface area contributed by atoms with Crippen LogP contribution in [-0.4, -0.2) is 77.1 Å². The quantitative estimate of drug-likeness (QED) is 0.555. The summed E-state index contributed by atoms with van der Waals surface area (Å²) in [4.78, 5) is 50.8. The minimum atomic E-state index is -1.26. The van der Waals surface area contributed by atoms with E-state index in [-0.39, 0.29) is 25.6 Å². The second-order valence-electron chi connectivity index (χ2n) is 6.94. The van der Waals surface area contributed by atoms with E-state index in [2.05, 4.69) is 5.32 Å². The molecule has 30 heavy (non-hydrogen) atoms. The number of rotatable bonds is 9. The molecule has 0 saturated carbocycles. The van der Waals surface area contributed by atoms with E-state index in [0.29, 0.717) is 12.8 Å². The van der Waals surface area contributed by atoms with Crippen molar-refractivity contribution in [2.75, 3.05) is 20.2 Å². The van der Waals surface area contributed by atoms with Crippen molar-refractivity contribution in [3.05, 3.63) is 35.9 Å². The molecule has 3 amide bonds. The Morgan fingerprint density at radius 1 is 1.27 bits per heavy atom. The van der Waals surface area contributed by atoms with Gasteiger partial charge in [-0.1, -0.05) is 30.3 Å². The Hall–Kier alpha value is -2.65. The van der Waals surface area contributed by atoms with Gasteiger partial charge in [0, 0.05) is 7.05 Å². The highest BCUT2D eigenvalue weighted by molar-refractivity contribution is 6.02. The minimum Gasteiger partial charge on any atom is -0.480 e. The molecule has 2 rings (SSSR count). The third-order valence-corrected chi connectivity index (χ3v) is 4.77. The number of nitrogens with zero attached hydrogens (tertiary/aromatic N) is 2. The number of nitrogens with one attached hydrogen (secondary N) is 1. The molecule has 0 spiro atoms. The lowest BCUT2D eigenvalue weighted by molar-refractivity contribution is -0.148. The molecule has 1 saturated heterocycles. The first-order valence-corrected chi connectivity index (χ1v) is 9.53. The van der Waals surface area contributed by atoms with Crippen LogP contribution in [0.5, 0.6) is 0 Å². The van der Waals surface area contributed by atoms with Gasteiger partial charge in [-0.05, 0) is 32.3 Å². The van der Waals surface area contributed by atoms with E-state index in [1.165, 1.54) is 18.9 Å². The number of carbonyl (C=O) groups excluding carboxylic acids is 3. The number of carbonyl (C=O) groups is 4. The Kier molecular flexibility index (Phi) is 9.74.